The van der Waals surface area contributed by atoms with Gasteiger partial charge in [-0.05, 0) is 12.1 Å². The summed E-state index contributed by atoms with van der Waals surface area (Å²) in [5.74, 6) is 0.168. The molecule has 0 aliphatic rings. The van der Waals surface area contributed by atoms with Gasteiger partial charge in [-0.2, -0.15) is 5.10 Å². The molecule has 2 rings (SSSR count). The van der Waals surface area contributed by atoms with Crippen LogP contribution in [0, 0.1) is 0 Å². The summed E-state index contributed by atoms with van der Waals surface area (Å²) in [4.78, 5) is 7.97. The molecule has 0 aliphatic heterocycles. The first-order chi connectivity index (χ1) is 6.36. The number of hydrogen-bond acceptors (Lipinski definition) is 5. The molecule has 0 amide bonds. The Kier molecular flexibility index (Phi) is 1.84. The first-order valence-electron chi connectivity index (χ1n) is 3.72. The van der Waals surface area contributed by atoms with Gasteiger partial charge in [0.1, 0.15) is 0 Å². The van der Waals surface area contributed by atoms with Gasteiger partial charge in [0, 0.05) is 18.0 Å². The predicted molar refractivity (Wildman–Crippen MR) is 47.5 cm³/mol. The average Bonchev–Trinajstić information content (AvgIpc) is 2.19. The highest BCUT2D eigenvalue weighted by molar-refractivity contribution is 5.56. The van der Waals surface area contributed by atoms with Crippen molar-refractivity contribution < 1.29 is 0 Å². The Bertz CT molecular complexity index is 400. The minimum atomic E-state index is 0.168. The average molecular weight is 173 g/mol. The first kappa shape index (κ1) is 7.60. The summed E-state index contributed by atoms with van der Waals surface area (Å²) in [6.45, 7) is 0. The molecule has 0 unspecified atom stereocenters. The summed E-state index contributed by atoms with van der Waals surface area (Å²) in [5.41, 5.74) is 6.95. The molecule has 13 heavy (non-hydrogen) atoms. The lowest BCUT2D eigenvalue weighted by Gasteiger charge is -1.97. The van der Waals surface area contributed by atoms with Crippen molar-refractivity contribution in [2.24, 2.45) is 0 Å². The summed E-state index contributed by atoms with van der Waals surface area (Å²) in [7, 11) is 0. The molecule has 5 nitrogen and oxygen atoms in total. The van der Waals surface area contributed by atoms with Gasteiger partial charge in [0.2, 0.25) is 5.95 Å². The molecule has 0 spiro atoms. The minimum absolute atomic E-state index is 0.168. The van der Waals surface area contributed by atoms with E-state index in [0.717, 1.165) is 5.56 Å². The quantitative estimate of drug-likeness (QED) is 0.680. The second-order valence-corrected chi connectivity index (χ2v) is 2.44. The Morgan fingerprint density at radius 3 is 2.85 bits per heavy atom. The highest BCUT2D eigenvalue weighted by Crippen LogP contribution is 2.13. The molecule has 0 fully saturated rings. The van der Waals surface area contributed by atoms with Gasteiger partial charge in [-0.25, -0.2) is 4.98 Å². The van der Waals surface area contributed by atoms with Crippen LogP contribution in [0.2, 0.25) is 0 Å². The lowest BCUT2D eigenvalue weighted by molar-refractivity contribution is 0.989. The van der Waals surface area contributed by atoms with E-state index in [1.165, 1.54) is 0 Å². The van der Waals surface area contributed by atoms with Gasteiger partial charge in [0.25, 0.3) is 0 Å². The second kappa shape index (κ2) is 3.14. The van der Waals surface area contributed by atoms with Crippen LogP contribution >= 0.6 is 0 Å². The number of aromatic nitrogens is 4. The van der Waals surface area contributed by atoms with Gasteiger partial charge in [0.15, 0.2) is 0 Å². The number of rotatable bonds is 1. The Hall–Kier alpha value is -2.04. The summed E-state index contributed by atoms with van der Waals surface area (Å²) in [5, 5.41) is 7.26. The monoisotopic (exact) mass is 173 g/mol. The van der Waals surface area contributed by atoms with Crippen LogP contribution in [-0.4, -0.2) is 20.2 Å². The first-order valence-corrected chi connectivity index (χ1v) is 3.72. The van der Waals surface area contributed by atoms with Crippen molar-refractivity contribution in [1.82, 2.24) is 20.2 Å². The molecule has 0 aromatic carbocycles. The van der Waals surface area contributed by atoms with Crippen LogP contribution < -0.4 is 5.73 Å². The normalized spacial score (nSPS) is 9.85. The molecule has 0 saturated heterocycles. The topological polar surface area (TPSA) is 77.6 Å². The molecule has 2 heterocycles. The van der Waals surface area contributed by atoms with Crippen LogP contribution in [-0.2, 0) is 0 Å². The molecule has 64 valence electrons. The van der Waals surface area contributed by atoms with E-state index in [2.05, 4.69) is 20.2 Å². The number of nitrogen functional groups attached to an aromatic ring is 1. The van der Waals surface area contributed by atoms with Crippen molar-refractivity contribution in [3.63, 3.8) is 0 Å². The van der Waals surface area contributed by atoms with Crippen molar-refractivity contribution in [2.45, 2.75) is 0 Å². The number of nitrogens with two attached hydrogens (primary N) is 1. The molecule has 0 saturated carbocycles. The molecule has 2 aromatic rings. The van der Waals surface area contributed by atoms with Gasteiger partial charge in [-0.1, -0.05) is 0 Å². The van der Waals surface area contributed by atoms with Crippen molar-refractivity contribution >= 4 is 5.95 Å². The maximum atomic E-state index is 5.39. The Morgan fingerprint density at radius 1 is 1.23 bits per heavy atom. The lowest BCUT2D eigenvalue weighted by Crippen LogP contribution is -1.97. The summed E-state index contributed by atoms with van der Waals surface area (Å²) in [6, 6.07) is 3.71. The van der Waals surface area contributed by atoms with Crippen LogP contribution in [0.4, 0.5) is 5.95 Å². The highest BCUT2D eigenvalue weighted by Gasteiger charge is 1.99. The zero-order valence-corrected chi connectivity index (χ0v) is 6.75. The van der Waals surface area contributed by atoms with Crippen molar-refractivity contribution in [1.29, 1.82) is 0 Å². The summed E-state index contributed by atoms with van der Waals surface area (Å²) < 4.78 is 0. The molecule has 2 aromatic heterocycles. The molecule has 0 atom stereocenters. The third-order valence-electron chi connectivity index (χ3n) is 1.53. The number of hydrogen-bond donors (Lipinski definition) is 1. The Morgan fingerprint density at radius 2 is 2.15 bits per heavy atom. The zero-order chi connectivity index (χ0) is 9.10. The predicted octanol–water partition coefficient (Wildman–Crippen LogP) is 0.516. The maximum absolute atomic E-state index is 5.39. The third kappa shape index (κ3) is 1.58. The number of nitrogens with zero attached hydrogens (tertiary/aromatic N) is 4. The minimum Gasteiger partial charge on any atom is -0.366 e. The van der Waals surface area contributed by atoms with E-state index in [1.807, 2.05) is 12.1 Å². The van der Waals surface area contributed by atoms with E-state index in [0.29, 0.717) is 5.69 Å². The number of anilines is 1. The SMILES string of the molecule is Nc1nncc(-c2cccnc2)n1. The summed E-state index contributed by atoms with van der Waals surface area (Å²) >= 11 is 0. The highest BCUT2D eigenvalue weighted by atomic mass is 15.2. The fraction of sp³-hybridized carbons (Fsp3) is 0. The van der Waals surface area contributed by atoms with Crippen LogP contribution in [0.15, 0.2) is 30.7 Å². The molecule has 2 N–H and O–H groups in total. The van der Waals surface area contributed by atoms with Crippen LogP contribution in [0.5, 0.6) is 0 Å². The fourth-order valence-corrected chi connectivity index (χ4v) is 0.971. The molecular formula is C8H7N5. The summed E-state index contributed by atoms with van der Waals surface area (Å²) in [6.07, 6.45) is 4.94. The van der Waals surface area contributed by atoms with Crippen molar-refractivity contribution in [3.8, 4) is 11.3 Å². The lowest BCUT2D eigenvalue weighted by atomic mass is 10.2. The van der Waals surface area contributed by atoms with Gasteiger partial charge in [0.05, 0.1) is 11.9 Å². The van der Waals surface area contributed by atoms with Gasteiger partial charge < -0.3 is 5.73 Å². The third-order valence-corrected chi connectivity index (χ3v) is 1.53. The van der Waals surface area contributed by atoms with Crippen LogP contribution in [0.1, 0.15) is 0 Å². The van der Waals surface area contributed by atoms with Crippen molar-refractivity contribution in [2.75, 3.05) is 5.73 Å². The van der Waals surface area contributed by atoms with Gasteiger partial charge >= 0.3 is 0 Å². The Labute approximate surface area is 74.7 Å². The number of pyridine rings is 1. The molecular weight excluding hydrogens is 166 g/mol. The van der Waals surface area contributed by atoms with E-state index in [1.54, 1.807) is 18.6 Å². The van der Waals surface area contributed by atoms with E-state index in [-0.39, 0.29) is 5.95 Å². The van der Waals surface area contributed by atoms with E-state index in [4.69, 9.17) is 5.73 Å². The zero-order valence-electron chi connectivity index (χ0n) is 6.75. The molecule has 0 bridgehead atoms. The maximum Gasteiger partial charge on any atom is 0.240 e. The van der Waals surface area contributed by atoms with Crippen LogP contribution in [0.3, 0.4) is 0 Å². The fourth-order valence-electron chi connectivity index (χ4n) is 0.971. The molecule has 0 aliphatic carbocycles. The van der Waals surface area contributed by atoms with E-state index in [9.17, 15) is 0 Å². The second-order valence-electron chi connectivity index (χ2n) is 2.44. The molecule has 5 heteroatoms. The van der Waals surface area contributed by atoms with Crippen molar-refractivity contribution in [3.05, 3.63) is 30.7 Å². The van der Waals surface area contributed by atoms with E-state index < -0.39 is 0 Å². The molecule has 0 radical (unpaired) electrons. The Balaban J connectivity index is 2.48. The van der Waals surface area contributed by atoms with Gasteiger partial charge in [-0.3, -0.25) is 4.98 Å². The van der Waals surface area contributed by atoms with Gasteiger partial charge in [-0.15, -0.1) is 5.10 Å². The largest absolute Gasteiger partial charge is 0.366 e. The van der Waals surface area contributed by atoms with Crippen LogP contribution in [0.25, 0.3) is 11.3 Å². The van der Waals surface area contributed by atoms with E-state index >= 15 is 0 Å². The smallest absolute Gasteiger partial charge is 0.240 e. The standard InChI is InChI=1S/C8H7N5/c9-8-12-7(5-11-13-8)6-2-1-3-10-4-6/h1-5H,(H2,9,12,13).